The molecule has 5 heteroatoms. The molecule has 0 spiro atoms. The number of fused-ring (bicyclic) bond motifs is 2. The van der Waals surface area contributed by atoms with Gasteiger partial charge in [-0.05, 0) is 45.6 Å². The van der Waals surface area contributed by atoms with Crippen molar-refractivity contribution in [2.45, 2.75) is 0 Å². The van der Waals surface area contributed by atoms with Crippen molar-refractivity contribution in [1.29, 1.82) is 0 Å². The molecule has 2 amide bonds. The van der Waals surface area contributed by atoms with Crippen molar-refractivity contribution in [3.8, 4) is 5.75 Å². The van der Waals surface area contributed by atoms with Gasteiger partial charge in [0, 0.05) is 5.39 Å². The van der Waals surface area contributed by atoms with Gasteiger partial charge >= 0.3 is 0 Å². The highest BCUT2D eigenvalue weighted by Crippen LogP contribution is 2.33. The molecule has 31 heavy (non-hydrogen) atoms. The van der Waals surface area contributed by atoms with Gasteiger partial charge in [-0.1, -0.05) is 78.9 Å². The van der Waals surface area contributed by atoms with Gasteiger partial charge in [0.2, 0.25) is 0 Å². The van der Waals surface area contributed by atoms with Crippen LogP contribution in [0.3, 0.4) is 0 Å². The highest BCUT2D eigenvalue weighted by Gasteiger charge is 2.34. The third-order valence-corrected chi connectivity index (χ3v) is 6.21. The van der Waals surface area contributed by atoms with Gasteiger partial charge in [0.15, 0.2) is 0 Å². The van der Waals surface area contributed by atoms with E-state index in [0.29, 0.717) is 4.91 Å². The molecule has 0 atom stereocenters. The third kappa shape index (κ3) is 3.80. The van der Waals surface area contributed by atoms with Crippen molar-refractivity contribution in [3.63, 3.8) is 0 Å². The lowest BCUT2D eigenvalue weighted by Gasteiger charge is -2.14. The zero-order valence-corrected chi connectivity index (χ0v) is 17.5. The first-order valence-corrected chi connectivity index (χ1v) is 10.9. The summed E-state index contributed by atoms with van der Waals surface area (Å²) in [6.45, 7) is 0.453. The molecule has 0 saturated carbocycles. The number of amides is 2. The van der Waals surface area contributed by atoms with Crippen LogP contribution in [-0.4, -0.2) is 29.2 Å². The summed E-state index contributed by atoms with van der Waals surface area (Å²) >= 11 is 0.977. The zero-order chi connectivity index (χ0) is 21.2. The molecule has 5 rings (SSSR count). The van der Waals surface area contributed by atoms with Crippen LogP contribution < -0.4 is 4.74 Å². The van der Waals surface area contributed by atoms with Gasteiger partial charge in [-0.15, -0.1) is 0 Å². The summed E-state index contributed by atoms with van der Waals surface area (Å²) in [6, 6.07) is 27.8. The second-order valence-corrected chi connectivity index (χ2v) is 8.22. The molecule has 1 fully saturated rings. The Morgan fingerprint density at radius 2 is 1.42 bits per heavy atom. The minimum absolute atomic E-state index is 0.209. The Balaban J connectivity index is 1.32. The number of rotatable bonds is 5. The lowest BCUT2D eigenvalue weighted by atomic mass is 10.0. The number of hydrogen-bond donors (Lipinski definition) is 0. The summed E-state index contributed by atoms with van der Waals surface area (Å²) in [5, 5.41) is 3.98. The predicted octanol–water partition coefficient (Wildman–Crippen LogP) is 6.11. The average Bonchev–Trinajstić information content (AvgIpc) is 3.07. The highest BCUT2D eigenvalue weighted by atomic mass is 32.2. The largest absolute Gasteiger partial charge is 0.491 e. The summed E-state index contributed by atoms with van der Waals surface area (Å²) in [7, 11) is 0. The standard InChI is InChI=1S/C26H19NO3S/c28-25-24(17-20-11-5-9-18-7-1-3-12-21(18)20)31-26(29)27(25)15-16-30-23-14-6-10-19-8-2-4-13-22(19)23/h1-14,17H,15-16H2/b24-17-. The summed E-state index contributed by atoms with van der Waals surface area (Å²) in [5.41, 5.74) is 0.926. The Labute approximate surface area is 184 Å². The van der Waals surface area contributed by atoms with Crippen molar-refractivity contribution in [2.24, 2.45) is 0 Å². The van der Waals surface area contributed by atoms with Crippen LogP contribution in [0, 0.1) is 0 Å². The predicted molar refractivity (Wildman–Crippen MR) is 126 cm³/mol. The van der Waals surface area contributed by atoms with Gasteiger partial charge in [0.25, 0.3) is 11.1 Å². The van der Waals surface area contributed by atoms with E-state index in [1.807, 2.05) is 84.9 Å². The Hall–Kier alpha value is -3.57. The minimum Gasteiger partial charge on any atom is -0.491 e. The molecular formula is C26H19NO3S. The molecule has 0 bridgehead atoms. The molecule has 0 aromatic heterocycles. The lowest BCUT2D eigenvalue weighted by Crippen LogP contribution is -2.32. The van der Waals surface area contributed by atoms with E-state index in [1.165, 1.54) is 4.90 Å². The molecule has 4 aromatic carbocycles. The maximum atomic E-state index is 12.9. The number of benzene rings is 4. The number of ether oxygens (including phenoxy) is 1. The fourth-order valence-electron chi connectivity index (χ4n) is 3.78. The van der Waals surface area contributed by atoms with E-state index >= 15 is 0 Å². The van der Waals surface area contributed by atoms with Crippen molar-refractivity contribution >= 4 is 50.5 Å². The van der Waals surface area contributed by atoms with Crippen LogP contribution in [0.5, 0.6) is 5.75 Å². The minimum atomic E-state index is -0.274. The smallest absolute Gasteiger partial charge is 0.293 e. The molecule has 0 aliphatic carbocycles. The molecule has 4 aromatic rings. The number of carbonyl (C=O) groups excluding carboxylic acids is 2. The van der Waals surface area contributed by atoms with Crippen molar-refractivity contribution in [2.75, 3.05) is 13.2 Å². The molecule has 4 nitrogen and oxygen atoms in total. The zero-order valence-electron chi connectivity index (χ0n) is 16.7. The van der Waals surface area contributed by atoms with Crippen molar-refractivity contribution in [1.82, 2.24) is 4.90 Å². The van der Waals surface area contributed by atoms with Crippen LogP contribution in [0.25, 0.3) is 27.6 Å². The Morgan fingerprint density at radius 1 is 0.774 bits per heavy atom. The van der Waals surface area contributed by atoms with Crippen LogP contribution in [0.15, 0.2) is 89.8 Å². The van der Waals surface area contributed by atoms with Gasteiger partial charge in [0.1, 0.15) is 12.4 Å². The lowest BCUT2D eigenvalue weighted by molar-refractivity contribution is -0.123. The topological polar surface area (TPSA) is 46.6 Å². The molecule has 1 aliphatic rings. The fraction of sp³-hybridized carbons (Fsp3) is 0.0769. The van der Waals surface area contributed by atoms with Gasteiger partial charge in [-0.3, -0.25) is 14.5 Å². The molecule has 152 valence electrons. The van der Waals surface area contributed by atoms with Gasteiger partial charge < -0.3 is 4.74 Å². The first kappa shape index (κ1) is 19.4. The molecule has 1 aliphatic heterocycles. The highest BCUT2D eigenvalue weighted by molar-refractivity contribution is 8.18. The summed E-state index contributed by atoms with van der Waals surface area (Å²) < 4.78 is 5.91. The fourth-order valence-corrected chi connectivity index (χ4v) is 4.63. The van der Waals surface area contributed by atoms with E-state index in [1.54, 1.807) is 6.08 Å². The summed E-state index contributed by atoms with van der Waals surface area (Å²) in [6.07, 6.45) is 1.80. The van der Waals surface area contributed by atoms with Gasteiger partial charge in [-0.25, -0.2) is 0 Å². The third-order valence-electron chi connectivity index (χ3n) is 5.31. The Morgan fingerprint density at radius 3 is 2.23 bits per heavy atom. The van der Waals surface area contributed by atoms with E-state index in [-0.39, 0.29) is 24.3 Å². The van der Waals surface area contributed by atoms with Gasteiger partial charge in [-0.2, -0.15) is 0 Å². The summed E-state index contributed by atoms with van der Waals surface area (Å²) in [5.74, 6) is 0.473. The second-order valence-electron chi connectivity index (χ2n) is 7.23. The van der Waals surface area contributed by atoms with Crippen LogP contribution in [-0.2, 0) is 4.79 Å². The van der Waals surface area contributed by atoms with E-state index in [9.17, 15) is 9.59 Å². The quantitative estimate of drug-likeness (QED) is 0.362. The molecule has 1 saturated heterocycles. The number of hydrogen-bond acceptors (Lipinski definition) is 4. The average molecular weight is 426 g/mol. The van der Waals surface area contributed by atoms with E-state index in [0.717, 1.165) is 44.6 Å². The number of thioether (sulfide) groups is 1. The normalized spacial score (nSPS) is 15.4. The van der Waals surface area contributed by atoms with E-state index in [4.69, 9.17) is 4.74 Å². The van der Waals surface area contributed by atoms with E-state index in [2.05, 4.69) is 0 Å². The first-order chi connectivity index (χ1) is 15.2. The Kier molecular flexibility index (Phi) is 5.18. The SMILES string of the molecule is O=C1S/C(=C\c2cccc3ccccc23)C(=O)N1CCOc1cccc2ccccc12. The number of imide groups is 1. The summed E-state index contributed by atoms with van der Waals surface area (Å²) in [4.78, 5) is 27.0. The van der Waals surface area contributed by atoms with E-state index < -0.39 is 0 Å². The molecule has 0 N–H and O–H groups in total. The molecule has 0 unspecified atom stereocenters. The van der Waals surface area contributed by atoms with Crippen molar-refractivity contribution < 1.29 is 14.3 Å². The van der Waals surface area contributed by atoms with Crippen molar-refractivity contribution in [3.05, 3.63) is 95.4 Å². The Bertz CT molecular complexity index is 1330. The van der Waals surface area contributed by atoms with Crippen LogP contribution >= 0.6 is 11.8 Å². The van der Waals surface area contributed by atoms with Crippen LogP contribution in [0.4, 0.5) is 4.79 Å². The van der Waals surface area contributed by atoms with Crippen LogP contribution in [0.1, 0.15) is 5.56 Å². The molecular weight excluding hydrogens is 406 g/mol. The molecule has 0 radical (unpaired) electrons. The second kappa shape index (κ2) is 8.28. The molecule has 1 heterocycles. The number of nitrogens with zero attached hydrogens (tertiary/aromatic N) is 1. The first-order valence-electron chi connectivity index (χ1n) is 10.0. The monoisotopic (exact) mass is 425 g/mol. The van der Waals surface area contributed by atoms with Gasteiger partial charge in [0.05, 0.1) is 11.4 Å². The maximum Gasteiger partial charge on any atom is 0.293 e. The van der Waals surface area contributed by atoms with Crippen LogP contribution in [0.2, 0.25) is 0 Å². The maximum absolute atomic E-state index is 12.9. The number of carbonyl (C=O) groups is 2.